The molecule has 10 aromatic rings. The summed E-state index contributed by atoms with van der Waals surface area (Å²) in [6, 6.07) is 61.5. The molecule has 1 nitrogen and oxygen atoms in total. The minimum absolute atomic E-state index is 0.932. The van der Waals surface area contributed by atoms with Gasteiger partial charge in [-0.1, -0.05) is 152 Å². The van der Waals surface area contributed by atoms with Gasteiger partial charge in [0.2, 0.25) is 0 Å². The lowest BCUT2D eigenvalue weighted by Gasteiger charge is -2.18. The van der Waals surface area contributed by atoms with E-state index in [4.69, 9.17) is 4.42 Å². The quantitative estimate of drug-likeness (QED) is 0.185. The number of hydrogen-bond donors (Lipinski definition) is 0. The summed E-state index contributed by atoms with van der Waals surface area (Å²) in [5.41, 5.74) is 9.16. The van der Waals surface area contributed by atoms with E-state index in [0.717, 1.165) is 32.9 Å². The van der Waals surface area contributed by atoms with Crippen molar-refractivity contribution in [1.29, 1.82) is 0 Å². The fourth-order valence-corrected chi connectivity index (χ4v) is 7.66. The van der Waals surface area contributed by atoms with E-state index in [1.165, 1.54) is 65.5 Å². The number of benzene rings is 9. The minimum atomic E-state index is 0.932. The zero-order chi connectivity index (χ0) is 30.9. The molecule has 0 spiro atoms. The van der Waals surface area contributed by atoms with Crippen molar-refractivity contribution in [3.63, 3.8) is 0 Å². The van der Waals surface area contributed by atoms with Crippen LogP contribution in [-0.2, 0) is 0 Å². The van der Waals surface area contributed by atoms with Gasteiger partial charge in [-0.25, -0.2) is 0 Å². The Balaban J connectivity index is 1.24. The van der Waals surface area contributed by atoms with Gasteiger partial charge in [0.05, 0.1) is 0 Å². The summed E-state index contributed by atoms with van der Waals surface area (Å²) in [7, 11) is 0. The third-order valence-electron chi connectivity index (χ3n) is 9.83. The van der Waals surface area contributed by atoms with Gasteiger partial charge in [-0.2, -0.15) is 0 Å². The minimum Gasteiger partial charge on any atom is -0.455 e. The van der Waals surface area contributed by atoms with Gasteiger partial charge in [0.25, 0.3) is 0 Å². The number of rotatable bonds is 3. The molecule has 47 heavy (non-hydrogen) atoms. The molecule has 0 amide bonds. The zero-order valence-electron chi connectivity index (χ0n) is 25.6. The molecule has 0 saturated carbocycles. The molecule has 0 radical (unpaired) electrons. The van der Waals surface area contributed by atoms with Crippen molar-refractivity contribution in [2.24, 2.45) is 0 Å². The van der Waals surface area contributed by atoms with Crippen molar-refractivity contribution in [3.05, 3.63) is 170 Å². The highest BCUT2D eigenvalue weighted by Crippen LogP contribution is 2.47. The zero-order valence-corrected chi connectivity index (χ0v) is 25.6. The largest absolute Gasteiger partial charge is 0.455 e. The molecule has 1 aromatic heterocycles. The van der Waals surface area contributed by atoms with Crippen LogP contribution in [0, 0.1) is 0 Å². The van der Waals surface area contributed by atoms with E-state index in [9.17, 15) is 0 Å². The summed E-state index contributed by atoms with van der Waals surface area (Å²) in [5, 5.41) is 12.0. The summed E-state index contributed by atoms with van der Waals surface area (Å²) in [5.74, 6) is 0. The van der Waals surface area contributed by atoms with Crippen LogP contribution in [0.25, 0.3) is 98.4 Å². The molecule has 0 atom stereocenters. The maximum atomic E-state index is 6.85. The molecular weight excluding hydrogens is 569 g/mol. The molecular formula is C46H28O. The van der Waals surface area contributed by atoms with E-state index in [-0.39, 0.29) is 0 Å². The molecule has 0 unspecified atom stereocenters. The van der Waals surface area contributed by atoms with Crippen molar-refractivity contribution in [2.75, 3.05) is 0 Å². The molecule has 1 heteroatoms. The van der Waals surface area contributed by atoms with Gasteiger partial charge in [0, 0.05) is 27.3 Å². The topological polar surface area (TPSA) is 13.1 Å². The van der Waals surface area contributed by atoms with Crippen LogP contribution in [0.1, 0.15) is 0 Å². The van der Waals surface area contributed by atoms with Gasteiger partial charge in [0.1, 0.15) is 11.2 Å². The Morgan fingerprint density at radius 3 is 1.53 bits per heavy atom. The second-order valence-electron chi connectivity index (χ2n) is 12.4. The smallest absolute Gasteiger partial charge is 0.143 e. The predicted octanol–water partition coefficient (Wildman–Crippen LogP) is 13.2. The molecule has 0 aliphatic carbocycles. The molecule has 0 bridgehead atoms. The highest BCUT2D eigenvalue weighted by atomic mass is 16.3. The average Bonchev–Trinajstić information content (AvgIpc) is 3.54. The maximum Gasteiger partial charge on any atom is 0.143 e. The molecule has 0 aliphatic heterocycles. The van der Waals surface area contributed by atoms with E-state index in [2.05, 4.69) is 170 Å². The fraction of sp³-hybridized carbons (Fsp3) is 0. The summed E-state index contributed by atoms with van der Waals surface area (Å²) in [6.45, 7) is 0. The molecule has 218 valence electrons. The molecule has 10 rings (SSSR count). The van der Waals surface area contributed by atoms with Crippen molar-refractivity contribution >= 4 is 65.0 Å². The fourth-order valence-electron chi connectivity index (χ4n) is 7.66. The number of furan rings is 1. The van der Waals surface area contributed by atoms with E-state index < -0.39 is 0 Å². The Labute approximate surface area is 271 Å². The maximum absolute atomic E-state index is 6.85. The van der Waals surface area contributed by atoms with Gasteiger partial charge < -0.3 is 4.42 Å². The highest BCUT2D eigenvalue weighted by Gasteiger charge is 2.20. The Hall–Kier alpha value is -6.18. The molecule has 9 aromatic carbocycles. The van der Waals surface area contributed by atoms with Crippen LogP contribution in [0.2, 0.25) is 0 Å². The molecule has 0 aliphatic rings. The van der Waals surface area contributed by atoms with Crippen molar-refractivity contribution in [1.82, 2.24) is 0 Å². The Morgan fingerprint density at radius 1 is 0.277 bits per heavy atom. The van der Waals surface area contributed by atoms with E-state index in [1.807, 2.05) is 0 Å². The van der Waals surface area contributed by atoms with Crippen LogP contribution < -0.4 is 0 Å². The average molecular weight is 597 g/mol. The lowest BCUT2D eigenvalue weighted by atomic mass is 9.85. The number of para-hydroxylation sites is 1. The van der Waals surface area contributed by atoms with Crippen molar-refractivity contribution in [2.45, 2.75) is 0 Å². The van der Waals surface area contributed by atoms with Gasteiger partial charge in [-0.05, 0) is 78.2 Å². The molecule has 0 N–H and O–H groups in total. The first-order chi connectivity index (χ1) is 23.3. The van der Waals surface area contributed by atoms with Crippen molar-refractivity contribution < 1.29 is 4.42 Å². The monoisotopic (exact) mass is 596 g/mol. The van der Waals surface area contributed by atoms with Crippen LogP contribution in [0.5, 0.6) is 0 Å². The van der Waals surface area contributed by atoms with Crippen LogP contribution in [0.4, 0.5) is 0 Å². The molecule has 0 fully saturated rings. The van der Waals surface area contributed by atoms with Crippen LogP contribution in [0.15, 0.2) is 174 Å². The summed E-state index contributed by atoms with van der Waals surface area (Å²) >= 11 is 0. The highest BCUT2D eigenvalue weighted by molar-refractivity contribution is 6.25. The lowest BCUT2D eigenvalue weighted by Crippen LogP contribution is -1.91. The summed E-state index contributed by atoms with van der Waals surface area (Å²) in [4.78, 5) is 0. The number of hydrogen-bond acceptors (Lipinski definition) is 1. The first kappa shape index (κ1) is 26.1. The van der Waals surface area contributed by atoms with Crippen LogP contribution in [-0.4, -0.2) is 0 Å². The Bertz CT molecular complexity index is 2780. The van der Waals surface area contributed by atoms with Crippen LogP contribution in [0.3, 0.4) is 0 Å². The first-order valence-corrected chi connectivity index (χ1v) is 16.2. The molecule has 1 heterocycles. The van der Waals surface area contributed by atoms with E-state index in [0.29, 0.717) is 0 Å². The summed E-state index contributed by atoms with van der Waals surface area (Å²) < 4.78 is 6.85. The van der Waals surface area contributed by atoms with Gasteiger partial charge in [-0.3, -0.25) is 0 Å². The van der Waals surface area contributed by atoms with E-state index in [1.54, 1.807) is 0 Å². The third kappa shape index (κ3) is 3.97. The third-order valence-corrected chi connectivity index (χ3v) is 9.83. The lowest BCUT2D eigenvalue weighted by molar-refractivity contribution is 0.674. The van der Waals surface area contributed by atoms with Crippen molar-refractivity contribution in [3.8, 4) is 33.4 Å². The molecule has 0 saturated heterocycles. The second-order valence-corrected chi connectivity index (χ2v) is 12.4. The second kappa shape index (κ2) is 10.2. The Morgan fingerprint density at radius 2 is 0.809 bits per heavy atom. The first-order valence-electron chi connectivity index (χ1n) is 16.2. The normalized spacial score (nSPS) is 11.8. The van der Waals surface area contributed by atoms with E-state index >= 15 is 0 Å². The van der Waals surface area contributed by atoms with Crippen LogP contribution >= 0.6 is 0 Å². The standard InChI is InChI=1S/C46H28O/c1-2-11-29(12-3-1)31-21-22-33-28-34(24-23-32(33)27-31)43-36-15-6-8-17-38(36)44(39-18-9-7-16-37(39)43)42-20-10-19-40-41-26-25-30-13-4-5-14-35(30)45(41)47-46(40)42/h1-28H. The Kier molecular flexibility index (Phi) is 5.64. The SMILES string of the molecule is c1ccc(-c2ccc3cc(-c4c5ccccc5c(-c5cccc6c5oc5c7ccccc7ccc65)c5ccccc45)ccc3c2)cc1. The summed E-state index contributed by atoms with van der Waals surface area (Å²) in [6.07, 6.45) is 0. The number of fused-ring (bicyclic) bond motifs is 8. The van der Waals surface area contributed by atoms with Gasteiger partial charge in [-0.15, -0.1) is 0 Å². The van der Waals surface area contributed by atoms with Gasteiger partial charge in [0.15, 0.2) is 0 Å². The van der Waals surface area contributed by atoms with Gasteiger partial charge >= 0.3 is 0 Å². The predicted molar refractivity (Wildman–Crippen MR) is 200 cm³/mol.